The fourth-order valence-corrected chi connectivity index (χ4v) is 0.992. The van der Waals surface area contributed by atoms with Gasteiger partial charge in [-0.2, -0.15) is 0 Å². The van der Waals surface area contributed by atoms with Gasteiger partial charge < -0.3 is 0 Å². The molecule has 0 bridgehead atoms. The molecule has 49 valence electrons. The summed E-state index contributed by atoms with van der Waals surface area (Å²) in [7, 11) is 3.44. The van der Waals surface area contributed by atoms with Crippen molar-refractivity contribution in [3.05, 3.63) is 11.3 Å². The first-order chi connectivity index (χ1) is 4.31. The summed E-state index contributed by atoms with van der Waals surface area (Å²) < 4.78 is 0. The molecule has 1 aliphatic carbocycles. The Bertz CT molecular complexity index is 112. The molecule has 3 heteroatoms. The molecule has 0 N–H and O–H groups in total. The average Bonchev–Trinajstić information content (AvgIpc) is 2.20. The zero-order chi connectivity index (χ0) is 7.11. The van der Waals surface area contributed by atoms with E-state index in [0.717, 1.165) is 0 Å². The fraction of sp³-hybridized carbons (Fsp3) is 0.500. The Labute approximate surface area is 64.4 Å². The summed E-state index contributed by atoms with van der Waals surface area (Å²) in [5.74, 6) is 0. The molecule has 0 saturated heterocycles. The van der Waals surface area contributed by atoms with Gasteiger partial charge in [0.05, 0.1) is 10.2 Å². The van der Waals surface area contributed by atoms with E-state index in [4.69, 9.17) is 4.79 Å². The van der Waals surface area contributed by atoms with Gasteiger partial charge in [0.25, 0.3) is 0 Å². The molecule has 0 aromatic heterocycles. The average molecular weight is 157 g/mol. The number of hydrogen-bond acceptors (Lipinski definition) is 1. The molecule has 0 spiro atoms. The molecular weight excluding hydrogens is 148 g/mol. The van der Waals surface area contributed by atoms with Crippen molar-refractivity contribution in [2.24, 2.45) is 0 Å². The van der Waals surface area contributed by atoms with E-state index < -0.39 is 0 Å². The zero-order valence-electron chi connectivity index (χ0n) is 5.13. The minimum absolute atomic E-state index is 0.444. The first-order valence-corrected chi connectivity index (χ1v) is 3.81. The van der Waals surface area contributed by atoms with E-state index in [0.29, 0.717) is 5.62 Å². The van der Waals surface area contributed by atoms with Gasteiger partial charge in [-0.15, -0.1) is 12.6 Å². The van der Waals surface area contributed by atoms with E-state index in [9.17, 15) is 0 Å². The van der Waals surface area contributed by atoms with Crippen LogP contribution in [0.5, 0.6) is 0 Å². The van der Waals surface area contributed by atoms with Gasteiger partial charge in [0.15, 0.2) is 5.62 Å². The van der Waals surface area contributed by atoms with Crippen molar-refractivity contribution < 1.29 is 4.79 Å². The minimum atomic E-state index is 0.444. The van der Waals surface area contributed by atoms with E-state index in [2.05, 4.69) is 28.9 Å². The SMILES string of the molecule is O=CS.[Si]C1=CCCC1. The molecule has 0 fully saturated rings. The quantitative estimate of drug-likeness (QED) is 0.319. The molecule has 0 aliphatic heterocycles. The third-order valence-electron chi connectivity index (χ3n) is 1.04. The van der Waals surface area contributed by atoms with Crippen molar-refractivity contribution in [2.75, 3.05) is 0 Å². The summed E-state index contributed by atoms with van der Waals surface area (Å²) in [5.41, 5.74) is 0.444. The van der Waals surface area contributed by atoms with Gasteiger partial charge in [-0.05, 0) is 19.3 Å². The second kappa shape index (κ2) is 6.10. The van der Waals surface area contributed by atoms with E-state index in [1.807, 2.05) is 0 Å². The monoisotopic (exact) mass is 157 g/mol. The van der Waals surface area contributed by atoms with E-state index in [1.165, 1.54) is 24.5 Å². The topological polar surface area (TPSA) is 17.1 Å². The predicted octanol–water partition coefficient (Wildman–Crippen LogP) is 1.33. The molecule has 0 saturated carbocycles. The van der Waals surface area contributed by atoms with Crippen LogP contribution in [-0.2, 0) is 4.79 Å². The van der Waals surface area contributed by atoms with Crippen molar-refractivity contribution in [3.63, 3.8) is 0 Å². The number of carbonyl (C=O) groups excluding carboxylic acids is 1. The Kier molecular flexibility index (Phi) is 6.09. The lowest BCUT2D eigenvalue weighted by Gasteiger charge is -1.79. The Morgan fingerprint density at radius 1 is 1.78 bits per heavy atom. The van der Waals surface area contributed by atoms with Crippen LogP contribution < -0.4 is 0 Å². The maximum atomic E-state index is 8.67. The number of rotatable bonds is 0. The number of hydrogen-bond donors (Lipinski definition) is 1. The van der Waals surface area contributed by atoms with Gasteiger partial charge in [-0.1, -0.05) is 11.3 Å². The molecule has 0 amide bonds. The maximum Gasteiger partial charge on any atom is 0.173 e. The van der Waals surface area contributed by atoms with Crippen LogP contribution in [0.15, 0.2) is 11.3 Å². The minimum Gasteiger partial charge on any atom is -0.291 e. The standard InChI is InChI=1S/C5H7Si.CH2OS/c6-5-3-1-2-4-5;2-1-3/h3H,1-2,4H2;1H,(H,2,3). The van der Waals surface area contributed by atoms with Crippen LogP contribution in [-0.4, -0.2) is 15.9 Å². The molecule has 3 radical (unpaired) electrons. The summed E-state index contributed by atoms with van der Waals surface area (Å²) in [6.45, 7) is 0. The van der Waals surface area contributed by atoms with E-state index >= 15 is 0 Å². The van der Waals surface area contributed by atoms with Crippen LogP contribution in [0.3, 0.4) is 0 Å². The molecule has 0 unspecified atom stereocenters. The molecule has 0 heterocycles. The van der Waals surface area contributed by atoms with Crippen molar-refractivity contribution in [3.8, 4) is 0 Å². The van der Waals surface area contributed by atoms with Crippen molar-refractivity contribution in [1.82, 2.24) is 0 Å². The highest BCUT2D eigenvalue weighted by Gasteiger charge is 1.95. The summed E-state index contributed by atoms with van der Waals surface area (Å²) in [4.78, 5) is 8.67. The zero-order valence-corrected chi connectivity index (χ0v) is 7.03. The Morgan fingerprint density at radius 2 is 2.33 bits per heavy atom. The van der Waals surface area contributed by atoms with Crippen LogP contribution in [0.4, 0.5) is 0 Å². The maximum absolute atomic E-state index is 8.67. The Morgan fingerprint density at radius 3 is 2.44 bits per heavy atom. The van der Waals surface area contributed by atoms with Gasteiger partial charge in [-0.3, -0.25) is 4.79 Å². The molecule has 1 rings (SSSR count). The van der Waals surface area contributed by atoms with Gasteiger partial charge >= 0.3 is 0 Å². The summed E-state index contributed by atoms with van der Waals surface area (Å²) in [6, 6.07) is 0. The Balaban J connectivity index is 0.000000187. The largest absolute Gasteiger partial charge is 0.291 e. The lowest BCUT2D eigenvalue weighted by Crippen LogP contribution is -1.68. The highest BCUT2D eigenvalue weighted by Crippen LogP contribution is 2.12. The first kappa shape index (κ1) is 8.98. The van der Waals surface area contributed by atoms with Crippen molar-refractivity contribution >= 4 is 28.5 Å². The van der Waals surface area contributed by atoms with Crippen molar-refractivity contribution in [1.29, 1.82) is 0 Å². The number of thiol groups is 1. The van der Waals surface area contributed by atoms with Crippen LogP contribution in [0.25, 0.3) is 0 Å². The molecule has 0 aromatic rings. The van der Waals surface area contributed by atoms with Crippen LogP contribution in [0.2, 0.25) is 0 Å². The third-order valence-corrected chi connectivity index (χ3v) is 1.50. The second-order valence-corrected chi connectivity index (χ2v) is 2.58. The summed E-state index contributed by atoms with van der Waals surface area (Å²) in [5, 5.41) is 1.38. The normalized spacial score (nSPS) is 15.6. The van der Waals surface area contributed by atoms with Crippen LogP contribution in [0, 0.1) is 0 Å². The highest BCUT2D eigenvalue weighted by molar-refractivity contribution is 7.94. The van der Waals surface area contributed by atoms with Crippen LogP contribution >= 0.6 is 12.6 Å². The summed E-state index contributed by atoms with van der Waals surface area (Å²) in [6.07, 6.45) is 6.12. The predicted molar refractivity (Wildman–Crippen MR) is 43.4 cm³/mol. The molecule has 1 aliphatic rings. The highest BCUT2D eigenvalue weighted by atomic mass is 32.1. The molecule has 0 aromatic carbocycles. The fourth-order valence-electron chi connectivity index (χ4n) is 0.671. The first-order valence-electron chi connectivity index (χ1n) is 2.79. The van der Waals surface area contributed by atoms with Crippen LogP contribution in [0.1, 0.15) is 19.3 Å². The molecule has 0 atom stereocenters. The lowest BCUT2D eigenvalue weighted by molar-refractivity contribution is 0.570. The van der Waals surface area contributed by atoms with Crippen molar-refractivity contribution in [2.45, 2.75) is 19.3 Å². The van der Waals surface area contributed by atoms with E-state index in [-0.39, 0.29) is 0 Å². The van der Waals surface area contributed by atoms with Gasteiger partial charge in [0, 0.05) is 0 Å². The van der Waals surface area contributed by atoms with Gasteiger partial charge in [-0.25, -0.2) is 0 Å². The van der Waals surface area contributed by atoms with Gasteiger partial charge in [0.2, 0.25) is 0 Å². The smallest absolute Gasteiger partial charge is 0.173 e. The van der Waals surface area contributed by atoms with Gasteiger partial charge in [0.1, 0.15) is 0 Å². The molecule has 9 heavy (non-hydrogen) atoms. The number of allylic oxidation sites excluding steroid dienone is 2. The van der Waals surface area contributed by atoms with E-state index in [1.54, 1.807) is 0 Å². The summed E-state index contributed by atoms with van der Waals surface area (Å²) >= 11 is 3.11. The number of carbonyl (C=O) groups is 1. The second-order valence-electron chi connectivity index (χ2n) is 1.73. The third kappa shape index (κ3) is 5.85. The molecule has 1 nitrogen and oxygen atoms in total. The Hall–Kier alpha value is -0.0231. The lowest BCUT2D eigenvalue weighted by atomic mass is 10.4. The molecular formula is C6H9OSSi.